The number of rotatable bonds is 6. The number of aromatic nitrogens is 2. The molecule has 188 valence electrons. The highest BCUT2D eigenvalue weighted by Crippen LogP contribution is 2.28. The fraction of sp³-hybridized carbons (Fsp3) is 0.267. The molecule has 1 saturated heterocycles. The summed E-state index contributed by atoms with van der Waals surface area (Å²) in [7, 11) is 0. The summed E-state index contributed by atoms with van der Waals surface area (Å²) in [5.74, 6) is 0.437. The van der Waals surface area contributed by atoms with Gasteiger partial charge in [-0.2, -0.15) is 5.10 Å². The molecule has 1 aliphatic heterocycles. The Morgan fingerprint density at radius 2 is 1.70 bits per heavy atom. The SMILES string of the molecule is Cc1ccc(-c2cc(C(=O)N3CCC(Cc4ccccc4)CC3)n(-c3cccc([N+](=O)[O-])c3)n2)cc1C. The third-order valence-corrected chi connectivity index (χ3v) is 7.29. The van der Waals surface area contributed by atoms with Crippen molar-refractivity contribution >= 4 is 11.6 Å². The van der Waals surface area contributed by atoms with Crippen molar-refractivity contribution in [2.24, 2.45) is 5.92 Å². The number of amides is 1. The third kappa shape index (κ3) is 5.31. The maximum absolute atomic E-state index is 13.8. The number of carbonyl (C=O) groups excluding carboxylic acids is 1. The molecule has 0 aliphatic carbocycles. The summed E-state index contributed by atoms with van der Waals surface area (Å²) in [5.41, 5.74) is 6.07. The Morgan fingerprint density at radius 3 is 2.41 bits per heavy atom. The van der Waals surface area contributed by atoms with E-state index in [2.05, 4.69) is 37.3 Å². The number of carbonyl (C=O) groups is 1. The molecule has 0 bridgehead atoms. The van der Waals surface area contributed by atoms with Gasteiger partial charge in [-0.3, -0.25) is 14.9 Å². The Balaban J connectivity index is 1.44. The van der Waals surface area contributed by atoms with Gasteiger partial charge in [0.25, 0.3) is 11.6 Å². The molecule has 0 spiro atoms. The van der Waals surface area contributed by atoms with E-state index in [1.165, 1.54) is 23.3 Å². The molecule has 1 aromatic heterocycles. The smallest absolute Gasteiger partial charge is 0.272 e. The normalized spacial score (nSPS) is 14.1. The molecule has 0 atom stereocenters. The number of hydrogen-bond donors (Lipinski definition) is 0. The summed E-state index contributed by atoms with van der Waals surface area (Å²) >= 11 is 0. The minimum atomic E-state index is -0.434. The molecule has 1 aliphatic rings. The van der Waals surface area contributed by atoms with Crippen molar-refractivity contribution in [2.75, 3.05) is 13.1 Å². The molecule has 0 N–H and O–H groups in total. The van der Waals surface area contributed by atoms with E-state index in [0.717, 1.165) is 30.4 Å². The van der Waals surface area contributed by atoms with Crippen LogP contribution in [-0.2, 0) is 6.42 Å². The van der Waals surface area contributed by atoms with Crippen LogP contribution in [0.3, 0.4) is 0 Å². The van der Waals surface area contributed by atoms with E-state index in [4.69, 9.17) is 5.10 Å². The molecule has 7 heteroatoms. The van der Waals surface area contributed by atoms with E-state index in [0.29, 0.717) is 36.1 Å². The summed E-state index contributed by atoms with van der Waals surface area (Å²) in [6.07, 6.45) is 2.90. The predicted octanol–water partition coefficient (Wildman–Crippen LogP) is 6.16. The van der Waals surface area contributed by atoms with Gasteiger partial charge in [0.05, 0.1) is 16.3 Å². The summed E-state index contributed by atoms with van der Waals surface area (Å²) in [6.45, 7) is 5.45. The lowest BCUT2D eigenvalue weighted by atomic mass is 9.90. The van der Waals surface area contributed by atoms with Gasteiger partial charge in [0, 0.05) is 30.8 Å². The summed E-state index contributed by atoms with van der Waals surface area (Å²) < 4.78 is 1.55. The van der Waals surface area contributed by atoms with Crippen LogP contribution in [0.4, 0.5) is 5.69 Å². The topological polar surface area (TPSA) is 81.3 Å². The Hall–Kier alpha value is -4.26. The third-order valence-electron chi connectivity index (χ3n) is 7.29. The van der Waals surface area contributed by atoms with Gasteiger partial charge in [-0.1, -0.05) is 48.5 Å². The van der Waals surface area contributed by atoms with E-state index in [9.17, 15) is 14.9 Å². The number of likely N-dealkylation sites (tertiary alicyclic amines) is 1. The average molecular weight is 495 g/mol. The fourth-order valence-electron chi connectivity index (χ4n) is 4.96. The molecule has 1 amide bonds. The number of hydrogen-bond acceptors (Lipinski definition) is 4. The standard InChI is InChI=1S/C30H30N4O3/c1-21-11-12-25(17-22(21)2)28-20-29(33(31-28)26-9-6-10-27(19-26)34(36)37)30(35)32-15-13-24(14-16-32)18-23-7-4-3-5-8-23/h3-12,17,19-20,24H,13-16,18H2,1-2H3. The number of nitro groups is 1. The zero-order chi connectivity index (χ0) is 25.9. The number of nitrogens with zero attached hydrogens (tertiary/aromatic N) is 4. The van der Waals surface area contributed by atoms with Crippen LogP contribution >= 0.6 is 0 Å². The predicted molar refractivity (Wildman–Crippen MR) is 144 cm³/mol. The lowest BCUT2D eigenvalue weighted by molar-refractivity contribution is -0.384. The van der Waals surface area contributed by atoms with Crippen LogP contribution in [0.2, 0.25) is 0 Å². The highest BCUT2D eigenvalue weighted by molar-refractivity contribution is 5.94. The Labute approximate surface area is 216 Å². The molecule has 0 radical (unpaired) electrons. The first kappa shape index (κ1) is 24.4. The van der Waals surface area contributed by atoms with Crippen molar-refractivity contribution in [3.8, 4) is 16.9 Å². The van der Waals surface area contributed by atoms with Gasteiger partial charge in [-0.15, -0.1) is 0 Å². The van der Waals surface area contributed by atoms with Crippen LogP contribution in [0.25, 0.3) is 16.9 Å². The van der Waals surface area contributed by atoms with E-state index in [1.54, 1.807) is 22.9 Å². The first-order valence-corrected chi connectivity index (χ1v) is 12.6. The molecular formula is C30H30N4O3. The van der Waals surface area contributed by atoms with Crippen LogP contribution in [0.5, 0.6) is 0 Å². The number of piperidine rings is 1. The van der Waals surface area contributed by atoms with Gasteiger partial charge in [0.1, 0.15) is 5.69 Å². The molecule has 2 heterocycles. The number of nitro benzene ring substituents is 1. The van der Waals surface area contributed by atoms with Gasteiger partial charge < -0.3 is 4.90 Å². The lowest BCUT2D eigenvalue weighted by Gasteiger charge is -2.32. The number of non-ortho nitro benzene ring substituents is 1. The number of aryl methyl sites for hydroxylation is 2. The van der Waals surface area contributed by atoms with Crippen LogP contribution in [0, 0.1) is 29.9 Å². The van der Waals surface area contributed by atoms with Gasteiger partial charge in [0.15, 0.2) is 0 Å². The number of benzene rings is 3. The molecule has 0 saturated carbocycles. The largest absolute Gasteiger partial charge is 0.337 e. The Bertz CT molecular complexity index is 1440. The van der Waals surface area contributed by atoms with Gasteiger partial charge >= 0.3 is 0 Å². The van der Waals surface area contributed by atoms with Crippen molar-refractivity contribution in [1.29, 1.82) is 0 Å². The van der Waals surface area contributed by atoms with Crippen molar-refractivity contribution < 1.29 is 9.72 Å². The van der Waals surface area contributed by atoms with Crippen LogP contribution in [0.1, 0.15) is 40.0 Å². The lowest BCUT2D eigenvalue weighted by Crippen LogP contribution is -2.39. The van der Waals surface area contributed by atoms with E-state index in [-0.39, 0.29) is 11.6 Å². The molecular weight excluding hydrogens is 464 g/mol. The van der Waals surface area contributed by atoms with Crippen molar-refractivity contribution in [3.63, 3.8) is 0 Å². The van der Waals surface area contributed by atoms with Crippen LogP contribution in [-0.4, -0.2) is 38.6 Å². The minimum absolute atomic E-state index is 0.0409. The second-order valence-electron chi connectivity index (χ2n) is 9.83. The minimum Gasteiger partial charge on any atom is -0.337 e. The van der Waals surface area contributed by atoms with Crippen molar-refractivity contribution in [3.05, 3.63) is 111 Å². The molecule has 1 fully saturated rings. The second-order valence-corrected chi connectivity index (χ2v) is 9.83. The molecule has 0 unspecified atom stereocenters. The second kappa shape index (κ2) is 10.4. The maximum Gasteiger partial charge on any atom is 0.272 e. The van der Waals surface area contributed by atoms with Crippen molar-refractivity contribution in [2.45, 2.75) is 33.1 Å². The van der Waals surface area contributed by atoms with E-state index in [1.807, 2.05) is 30.0 Å². The molecule has 37 heavy (non-hydrogen) atoms. The Morgan fingerprint density at radius 1 is 0.946 bits per heavy atom. The van der Waals surface area contributed by atoms with E-state index < -0.39 is 4.92 Å². The summed E-state index contributed by atoms with van der Waals surface area (Å²) in [4.78, 5) is 26.6. The molecule has 3 aromatic carbocycles. The first-order valence-electron chi connectivity index (χ1n) is 12.6. The van der Waals surface area contributed by atoms with Gasteiger partial charge in [-0.25, -0.2) is 4.68 Å². The molecule has 5 rings (SSSR count). The zero-order valence-corrected chi connectivity index (χ0v) is 21.1. The van der Waals surface area contributed by atoms with Gasteiger partial charge in [-0.05, 0) is 73.9 Å². The van der Waals surface area contributed by atoms with Crippen LogP contribution in [0.15, 0.2) is 78.9 Å². The zero-order valence-electron chi connectivity index (χ0n) is 21.1. The highest BCUT2D eigenvalue weighted by Gasteiger charge is 2.27. The van der Waals surface area contributed by atoms with Crippen LogP contribution < -0.4 is 0 Å². The maximum atomic E-state index is 13.8. The quantitative estimate of drug-likeness (QED) is 0.237. The summed E-state index contributed by atoms with van der Waals surface area (Å²) in [6, 6.07) is 24.6. The van der Waals surface area contributed by atoms with Gasteiger partial charge in [0.2, 0.25) is 0 Å². The highest BCUT2D eigenvalue weighted by atomic mass is 16.6. The Kier molecular flexibility index (Phi) is 6.86. The van der Waals surface area contributed by atoms with E-state index >= 15 is 0 Å². The monoisotopic (exact) mass is 494 g/mol. The molecule has 7 nitrogen and oxygen atoms in total. The molecule has 4 aromatic rings. The summed E-state index contributed by atoms with van der Waals surface area (Å²) in [5, 5.41) is 16.2. The fourth-order valence-corrected chi connectivity index (χ4v) is 4.96. The first-order chi connectivity index (χ1) is 17.9. The average Bonchev–Trinajstić information content (AvgIpc) is 3.36. The van der Waals surface area contributed by atoms with Crippen molar-refractivity contribution in [1.82, 2.24) is 14.7 Å².